The Labute approximate surface area is 155 Å². The van der Waals surface area contributed by atoms with Gasteiger partial charge in [-0.05, 0) is 23.5 Å². The molecule has 0 bridgehead atoms. The molecule has 2 heterocycles. The number of nitriles is 1. The summed E-state index contributed by atoms with van der Waals surface area (Å²) >= 11 is 1.30. The standard InChI is InChI=1S/C19H19N3O3S/c1-12(13-5-3-2-4-6-13)9-17(23)21-18-15(10-20)14-7-8-22(19(24)25)11-16(14)26-18/h2-6,12H,7-9,11H2,1H3,(H,21,23)(H,24,25)/t12-/m0/s1. The van der Waals surface area contributed by atoms with E-state index >= 15 is 0 Å². The van der Waals surface area contributed by atoms with Crippen LogP contribution in [0.15, 0.2) is 30.3 Å². The molecule has 1 aliphatic heterocycles. The van der Waals surface area contributed by atoms with E-state index in [1.165, 1.54) is 16.2 Å². The third kappa shape index (κ3) is 3.70. The van der Waals surface area contributed by atoms with E-state index < -0.39 is 6.09 Å². The Morgan fingerprint density at radius 2 is 2.12 bits per heavy atom. The second-order valence-corrected chi connectivity index (χ2v) is 7.44. The average molecular weight is 369 g/mol. The number of nitrogens with zero attached hydrogens (tertiary/aromatic N) is 2. The summed E-state index contributed by atoms with van der Waals surface area (Å²) in [5, 5.41) is 22.0. The van der Waals surface area contributed by atoms with Gasteiger partial charge in [0.25, 0.3) is 0 Å². The number of carbonyl (C=O) groups is 2. The van der Waals surface area contributed by atoms with Gasteiger partial charge in [-0.1, -0.05) is 37.3 Å². The summed E-state index contributed by atoms with van der Waals surface area (Å²) in [6, 6.07) is 12.0. The van der Waals surface area contributed by atoms with Crippen LogP contribution in [0.4, 0.5) is 9.80 Å². The average Bonchev–Trinajstić information content (AvgIpc) is 2.98. The lowest BCUT2D eigenvalue weighted by molar-refractivity contribution is -0.116. The number of amides is 2. The van der Waals surface area contributed by atoms with Crippen molar-refractivity contribution in [3.05, 3.63) is 51.9 Å². The third-order valence-corrected chi connectivity index (χ3v) is 5.68. The van der Waals surface area contributed by atoms with Crippen molar-refractivity contribution >= 4 is 28.3 Å². The van der Waals surface area contributed by atoms with Gasteiger partial charge >= 0.3 is 6.09 Å². The Bertz CT molecular complexity index is 870. The van der Waals surface area contributed by atoms with E-state index in [0.717, 1.165) is 16.0 Å². The highest BCUT2D eigenvalue weighted by Crippen LogP contribution is 2.37. The fraction of sp³-hybridized carbons (Fsp3) is 0.316. The van der Waals surface area contributed by atoms with Crippen molar-refractivity contribution in [2.45, 2.75) is 32.2 Å². The number of carboxylic acid groups (broad SMARTS) is 1. The van der Waals surface area contributed by atoms with Crippen molar-refractivity contribution in [1.82, 2.24) is 4.90 Å². The van der Waals surface area contributed by atoms with Crippen LogP contribution in [-0.4, -0.2) is 28.6 Å². The number of fused-ring (bicyclic) bond motifs is 1. The van der Waals surface area contributed by atoms with Gasteiger partial charge in [0, 0.05) is 17.8 Å². The lowest BCUT2D eigenvalue weighted by Crippen LogP contribution is -2.34. The van der Waals surface area contributed by atoms with Gasteiger partial charge in [-0.2, -0.15) is 5.26 Å². The van der Waals surface area contributed by atoms with E-state index in [2.05, 4.69) is 11.4 Å². The molecule has 2 N–H and O–H groups in total. The van der Waals surface area contributed by atoms with Gasteiger partial charge in [0.15, 0.2) is 0 Å². The quantitative estimate of drug-likeness (QED) is 0.857. The highest BCUT2D eigenvalue weighted by Gasteiger charge is 2.27. The van der Waals surface area contributed by atoms with Crippen LogP contribution >= 0.6 is 11.3 Å². The third-order valence-electron chi connectivity index (χ3n) is 4.55. The zero-order valence-electron chi connectivity index (χ0n) is 14.4. The Balaban J connectivity index is 1.73. The lowest BCUT2D eigenvalue weighted by Gasteiger charge is -2.23. The molecule has 0 saturated carbocycles. The fourth-order valence-electron chi connectivity index (χ4n) is 3.13. The van der Waals surface area contributed by atoms with Gasteiger partial charge in [0.05, 0.1) is 12.1 Å². The van der Waals surface area contributed by atoms with Gasteiger partial charge in [-0.3, -0.25) is 4.79 Å². The predicted molar refractivity (Wildman–Crippen MR) is 99.3 cm³/mol. The summed E-state index contributed by atoms with van der Waals surface area (Å²) in [6.07, 6.45) is -0.152. The monoisotopic (exact) mass is 369 g/mol. The molecule has 6 nitrogen and oxygen atoms in total. The maximum Gasteiger partial charge on any atom is 0.407 e. The Hall–Kier alpha value is -2.85. The highest BCUT2D eigenvalue weighted by molar-refractivity contribution is 7.16. The Kier molecular flexibility index (Phi) is 5.24. The van der Waals surface area contributed by atoms with E-state index in [-0.39, 0.29) is 18.4 Å². The van der Waals surface area contributed by atoms with E-state index in [9.17, 15) is 14.9 Å². The van der Waals surface area contributed by atoms with Crippen molar-refractivity contribution in [2.75, 3.05) is 11.9 Å². The van der Waals surface area contributed by atoms with Crippen LogP contribution in [0.2, 0.25) is 0 Å². The molecule has 1 aliphatic rings. The zero-order valence-corrected chi connectivity index (χ0v) is 15.2. The van der Waals surface area contributed by atoms with E-state index in [1.54, 1.807) is 0 Å². The van der Waals surface area contributed by atoms with Crippen LogP contribution in [0.1, 0.15) is 40.8 Å². The summed E-state index contributed by atoms with van der Waals surface area (Å²) in [6.45, 7) is 2.62. The number of rotatable bonds is 4. The molecule has 26 heavy (non-hydrogen) atoms. The van der Waals surface area contributed by atoms with Crippen molar-refractivity contribution in [3.8, 4) is 6.07 Å². The molecular weight excluding hydrogens is 350 g/mol. The number of hydrogen-bond acceptors (Lipinski definition) is 4. The molecule has 0 fully saturated rings. The summed E-state index contributed by atoms with van der Waals surface area (Å²) in [5.41, 5.74) is 2.42. The molecular formula is C19H19N3O3S. The number of nitrogens with one attached hydrogen (secondary N) is 1. The Morgan fingerprint density at radius 1 is 1.38 bits per heavy atom. The second kappa shape index (κ2) is 7.58. The molecule has 2 aromatic rings. The first kappa shape index (κ1) is 18.0. The van der Waals surface area contributed by atoms with Crippen molar-refractivity contribution in [2.24, 2.45) is 0 Å². The first-order chi connectivity index (χ1) is 12.5. The van der Waals surface area contributed by atoms with Gasteiger partial charge in [-0.25, -0.2) is 4.79 Å². The molecule has 134 valence electrons. The van der Waals surface area contributed by atoms with Gasteiger partial charge in [0.1, 0.15) is 11.1 Å². The van der Waals surface area contributed by atoms with Gasteiger partial charge in [-0.15, -0.1) is 11.3 Å². The topological polar surface area (TPSA) is 93.4 Å². The molecule has 0 radical (unpaired) electrons. The van der Waals surface area contributed by atoms with Crippen LogP contribution < -0.4 is 5.32 Å². The SMILES string of the molecule is C[C@@H](CC(=O)Nc1sc2c(c1C#N)CCN(C(=O)O)C2)c1ccccc1. The molecule has 1 atom stereocenters. The number of benzene rings is 1. The molecule has 2 amide bonds. The minimum absolute atomic E-state index is 0.0684. The molecule has 0 saturated heterocycles. The first-order valence-electron chi connectivity index (χ1n) is 8.37. The molecule has 0 unspecified atom stereocenters. The molecule has 0 aliphatic carbocycles. The zero-order chi connectivity index (χ0) is 18.7. The van der Waals surface area contributed by atoms with Gasteiger partial charge in [0.2, 0.25) is 5.91 Å². The summed E-state index contributed by atoms with van der Waals surface area (Å²) in [7, 11) is 0. The molecule has 7 heteroatoms. The predicted octanol–water partition coefficient (Wildman–Crippen LogP) is 3.79. The van der Waals surface area contributed by atoms with Crippen molar-refractivity contribution in [3.63, 3.8) is 0 Å². The molecule has 1 aromatic heterocycles. The van der Waals surface area contributed by atoms with Crippen LogP contribution in [-0.2, 0) is 17.8 Å². The molecule has 0 spiro atoms. The normalized spacial score (nSPS) is 14.2. The van der Waals surface area contributed by atoms with Crippen molar-refractivity contribution in [1.29, 1.82) is 5.26 Å². The number of hydrogen-bond donors (Lipinski definition) is 2. The number of anilines is 1. The van der Waals surface area contributed by atoms with Gasteiger partial charge < -0.3 is 15.3 Å². The highest BCUT2D eigenvalue weighted by atomic mass is 32.1. The summed E-state index contributed by atoms with van der Waals surface area (Å²) in [4.78, 5) is 25.7. The number of carbonyl (C=O) groups excluding carboxylic acids is 1. The fourth-order valence-corrected chi connectivity index (χ4v) is 4.36. The van der Waals surface area contributed by atoms with Crippen LogP contribution in [0.3, 0.4) is 0 Å². The molecule has 3 rings (SSSR count). The number of thiophene rings is 1. The first-order valence-corrected chi connectivity index (χ1v) is 9.18. The smallest absolute Gasteiger partial charge is 0.407 e. The van der Waals surface area contributed by atoms with Crippen LogP contribution in [0, 0.1) is 11.3 Å². The van der Waals surface area contributed by atoms with Crippen molar-refractivity contribution < 1.29 is 14.7 Å². The minimum atomic E-state index is -0.968. The maximum absolute atomic E-state index is 12.4. The minimum Gasteiger partial charge on any atom is -0.465 e. The van der Waals surface area contributed by atoms with E-state index in [0.29, 0.717) is 30.0 Å². The molecule has 1 aromatic carbocycles. The van der Waals surface area contributed by atoms with Crippen LogP contribution in [0.5, 0.6) is 0 Å². The van der Waals surface area contributed by atoms with E-state index in [1.807, 2.05) is 37.3 Å². The summed E-state index contributed by atoms with van der Waals surface area (Å²) < 4.78 is 0. The summed E-state index contributed by atoms with van der Waals surface area (Å²) in [5.74, 6) is -0.0784. The second-order valence-electron chi connectivity index (χ2n) is 6.34. The van der Waals surface area contributed by atoms with E-state index in [4.69, 9.17) is 5.11 Å². The lowest BCUT2D eigenvalue weighted by atomic mass is 9.97. The largest absolute Gasteiger partial charge is 0.465 e. The maximum atomic E-state index is 12.4. The van der Waals surface area contributed by atoms with Crippen LogP contribution in [0.25, 0.3) is 0 Å². The Morgan fingerprint density at radius 3 is 2.77 bits per heavy atom.